The number of imidazole rings is 1. The summed E-state index contributed by atoms with van der Waals surface area (Å²) in [5, 5.41) is 7.65. The molecule has 0 spiro atoms. The number of aromatic nitrogens is 3. The van der Waals surface area contributed by atoms with Crippen LogP contribution in [-0.4, -0.2) is 25.4 Å². The van der Waals surface area contributed by atoms with E-state index in [1.54, 1.807) is 35.2 Å². The van der Waals surface area contributed by atoms with Gasteiger partial charge in [0, 0.05) is 19.6 Å². The third kappa shape index (κ3) is 3.36. The van der Waals surface area contributed by atoms with Crippen molar-refractivity contribution in [2.45, 2.75) is 19.6 Å². The number of hydrogen-bond donors (Lipinski definition) is 1. The minimum Gasteiger partial charge on any atom is -0.365 e. The smallest absolute Gasteiger partial charge is 0.274 e. The minimum atomic E-state index is -0.309. The third-order valence-corrected chi connectivity index (χ3v) is 5.15. The quantitative estimate of drug-likeness (QED) is 0.561. The summed E-state index contributed by atoms with van der Waals surface area (Å²) >= 11 is 0. The van der Waals surface area contributed by atoms with Crippen molar-refractivity contribution in [2.75, 3.05) is 5.32 Å². The zero-order valence-corrected chi connectivity index (χ0v) is 15.8. The molecule has 0 fully saturated rings. The summed E-state index contributed by atoms with van der Waals surface area (Å²) in [5.41, 5.74) is 3.54. The van der Waals surface area contributed by atoms with Gasteiger partial charge in [0.1, 0.15) is 17.5 Å². The zero-order valence-electron chi connectivity index (χ0n) is 15.8. The summed E-state index contributed by atoms with van der Waals surface area (Å²) in [6.07, 6.45) is 1.50. The fourth-order valence-electron chi connectivity index (χ4n) is 3.58. The molecule has 0 radical (unpaired) electrons. The number of carbonyl (C=O) groups is 1. The number of nitrogens with zero attached hydrogens (tertiary/aromatic N) is 4. The molecule has 0 aliphatic carbocycles. The van der Waals surface area contributed by atoms with E-state index in [2.05, 4.69) is 15.4 Å². The zero-order chi connectivity index (χ0) is 20.7. The Balaban J connectivity index is 1.36. The van der Waals surface area contributed by atoms with E-state index in [4.69, 9.17) is 0 Å². The highest BCUT2D eigenvalue weighted by Gasteiger charge is 2.27. The fraction of sp³-hybridized carbons (Fsp3) is 0.136. The van der Waals surface area contributed by atoms with Crippen LogP contribution in [0.1, 0.15) is 27.2 Å². The van der Waals surface area contributed by atoms with Crippen molar-refractivity contribution in [2.24, 2.45) is 0 Å². The maximum atomic E-state index is 13.5. The molecule has 0 unspecified atom stereocenters. The predicted octanol–water partition coefficient (Wildman–Crippen LogP) is 3.78. The molecule has 30 heavy (non-hydrogen) atoms. The Morgan fingerprint density at radius 3 is 2.57 bits per heavy atom. The summed E-state index contributed by atoms with van der Waals surface area (Å²) in [4.78, 5) is 19.0. The normalized spacial score (nSPS) is 12.9. The molecule has 0 saturated carbocycles. The number of hydrogen-bond acceptors (Lipinski definition) is 4. The number of carbonyl (C=O) groups excluding carboxylic acids is 1. The van der Waals surface area contributed by atoms with Crippen LogP contribution >= 0.6 is 0 Å². The molecule has 3 heterocycles. The van der Waals surface area contributed by atoms with E-state index in [-0.39, 0.29) is 17.5 Å². The van der Waals surface area contributed by atoms with Gasteiger partial charge in [-0.1, -0.05) is 18.2 Å². The molecule has 0 atom stereocenters. The molecule has 6 nitrogen and oxygen atoms in total. The Kier molecular flexibility index (Phi) is 4.39. The van der Waals surface area contributed by atoms with Crippen molar-refractivity contribution >= 4 is 17.4 Å². The van der Waals surface area contributed by atoms with Crippen LogP contribution in [0.15, 0.2) is 60.8 Å². The monoisotopic (exact) mass is 405 g/mol. The van der Waals surface area contributed by atoms with Crippen molar-refractivity contribution < 1.29 is 13.6 Å². The van der Waals surface area contributed by atoms with Gasteiger partial charge >= 0.3 is 0 Å². The van der Waals surface area contributed by atoms with E-state index >= 15 is 0 Å². The van der Waals surface area contributed by atoms with Crippen molar-refractivity contribution in [1.82, 2.24) is 19.5 Å². The second-order valence-electron chi connectivity index (χ2n) is 7.19. The number of rotatable bonds is 4. The van der Waals surface area contributed by atoms with Crippen LogP contribution in [0.3, 0.4) is 0 Å². The van der Waals surface area contributed by atoms with Crippen LogP contribution in [0.2, 0.25) is 0 Å². The Hall–Kier alpha value is -3.81. The van der Waals surface area contributed by atoms with Crippen molar-refractivity contribution in [3.8, 4) is 0 Å². The van der Waals surface area contributed by atoms with Gasteiger partial charge in [-0.05, 0) is 53.1 Å². The summed E-state index contributed by atoms with van der Waals surface area (Å²) in [5.74, 6) is -0.254. The molecule has 0 bridgehead atoms. The topological polar surface area (TPSA) is 62.5 Å². The van der Waals surface area contributed by atoms with E-state index in [0.717, 1.165) is 16.7 Å². The highest BCUT2D eigenvalue weighted by atomic mass is 19.1. The van der Waals surface area contributed by atoms with E-state index < -0.39 is 0 Å². The molecule has 8 heteroatoms. The van der Waals surface area contributed by atoms with Gasteiger partial charge in [0.25, 0.3) is 5.91 Å². The maximum absolute atomic E-state index is 13.5. The van der Waals surface area contributed by atoms with Crippen LogP contribution < -0.4 is 5.32 Å². The molecular formula is C22H17F2N5O. The fourth-order valence-corrected chi connectivity index (χ4v) is 3.58. The van der Waals surface area contributed by atoms with Gasteiger partial charge in [-0.25, -0.2) is 18.3 Å². The van der Waals surface area contributed by atoms with Crippen LogP contribution in [0.5, 0.6) is 0 Å². The third-order valence-electron chi connectivity index (χ3n) is 5.15. The van der Waals surface area contributed by atoms with Crippen LogP contribution in [0.4, 0.5) is 14.6 Å². The Morgan fingerprint density at radius 2 is 1.73 bits per heavy atom. The largest absolute Gasteiger partial charge is 0.365 e. The lowest BCUT2D eigenvalue weighted by Crippen LogP contribution is -2.27. The Labute approximate surface area is 170 Å². The number of amides is 1. The molecule has 2 aromatic carbocycles. The average molecular weight is 405 g/mol. The molecule has 1 aliphatic rings. The van der Waals surface area contributed by atoms with Gasteiger partial charge < -0.3 is 10.2 Å². The first-order valence-corrected chi connectivity index (χ1v) is 9.46. The maximum Gasteiger partial charge on any atom is 0.274 e. The molecule has 5 rings (SSSR count). The summed E-state index contributed by atoms with van der Waals surface area (Å²) in [7, 11) is 0. The Bertz CT molecular complexity index is 1250. The van der Waals surface area contributed by atoms with E-state index in [9.17, 15) is 13.6 Å². The van der Waals surface area contributed by atoms with Gasteiger partial charge in [-0.2, -0.15) is 0 Å². The first-order valence-electron chi connectivity index (χ1n) is 9.46. The van der Waals surface area contributed by atoms with E-state index in [1.165, 1.54) is 35.0 Å². The summed E-state index contributed by atoms with van der Waals surface area (Å²) in [6.45, 7) is 1.23. The lowest BCUT2D eigenvalue weighted by molar-refractivity contribution is 0.0743. The van der Waals surface area contributed by atoms with Gasteiger partial charge in [0.2, 0.25) is 0 Å². The van der Waals surface area contributed by atoms with Crippen LogP contribution in [0.25, 0.3) is 5.65 Å². The number of nitrogens with one attached hydrogen (secondary N) is 1. The second kappa shape index (κ2) is 7.22. The highest BCUT2D eigenvalue weighted by Crippen LogP contribution is 2.25. The first kappa shape index (κ1) is 18.2. The molecule has 0 saturated heterocycles. The predicted molar refractivity (Wildman–Crippen MR) is 107 cm³/mol. The van der Waals surface area contributed by atoms with E-state index in [1.807, 2.05) is 0 Å². The minimum absolute atomic E-state index is 0.220. The number of benzene rings is 2. The summed E-state index contributed by atoms with van der Waals surface area (Å²) < 4.78 is 28.0. The summed E-state index contributed by atoms with van der Waals surface area (Å²) in [6, 6.07) is 14.3. The second-order valence-corrected chi connectivity index (χ2v) is 7.19. The van der Waals surface area contributed by atoms with Gasteiger partial charge in [0.05, 0.1) is 6.20 Å². The lowest BCUT2D eigenvalue weighted by Gasteiger charge is -2.14. The van der Waals surface area contributed by atoms with Crippen LogP contribution in [0, 0.1) is 11.6 Å². The molecular weight excluding hydrogens is 388 g/mol. The molecule has 1 aliphatic heterocycles. The number of fused-ring (bicyclic) bond motifs is 2. The average Bonchev–Trinajstić information content (AvgIpc) is 3.36. The van der Waals surface area contributed by atoms with Crippen molar-refractivity contribution in [3.63, 3.8) is 0 Å². The van der Waals surface area contributed by atoms with E-state index in [0.29, 0.717) is 36.8 Å². The van der Waals surface area contributed by atoms with Crippen LogP contribution in [-0.2, 0) is 19.6 Å². The standard InChI is InChI=1S/C22H17F2N5O/c23-17-4-1-14(2-5-17)10-25-20-7-8-21-26-11-19(29(21)27-20)22(30)28-12-15-3-6-18(24)9-16(15)13-28/h1-9,11H,10,12-13H2,(H,25,27). The van der Waals surface area contributed by atoms with Gasteiger partial charge in [-0.15, -0.1) is 5.10 Å². The number of halogens is 2. The highest BCUT2D eigenvalue weighted by molar-refractivity contribution is 5.93. The molecule has 150 valence electrons. The first-order chi connectivity index (χ1) is 14.6. The molecule has 1 N–H and O–H groups in total. The molecule has 4 aromatic rings. The SMILES string of the molecule is O=C(c1cnc2ccc(NCc3ccc(F)cc3)nn12)N1Cc2ccc(F)cc2C1. The van der Waals surface area contributed by atoms with Crippen molar-refractivity contribution in [1.29, 1.82) is 0 Å². The van der Waals surface area contributed by atoms with Gasteiger partial charge in [0.15, 0.2) is 11.3 Å². The Morgan fingerprint density at radius 1 is 0.967 bits per heavy atom. The number of anilines is 1. The van der Waals surface area contributed by atoms with Gasteiger partial charge in [-0.3, -0.25) is 4.79 Å². The molecule has 2 aromatic heterocycles. The lowest BCUT2D eigenvalue weighted by atomic mass is 10.1. The van der Waals surface area contributed by atoms with Crippen molar-refractivity contribution in [3.05, 3.63) is 94.8 Å². The molecule has 1 amide bonds.